The van der Waals surface area contributed by atoms with Crippen molar-refractivity contribution in [3.8, 4) is 0 Å². The molecule has 9 nitrogen and oxygen atoms in total. The lowest BCUT2D eigenvalue weighted by Crippen LogP contribution is -2.29. The number of benzene rings is 1. The number of fused-ring (bicyclic) bond motifs is 1. The molecule has 4 rings (SSSR count). The minimum Gasteiger partial charge on any atom is -0.467 e. The van der Waals surface area contributed by atoms with Gasteiger partial charge < -0.3 is 15.1 Å². The van der Waals surface area contributed by atoms with Gasteiger partial charge in [-0.3, -0.25) is 14.0 Å². The van der Waals surface area contributed by atoms with Crippen molar-refractivity contribution in [2.45, 2.75) is 13.1 Å². The summed E-state index contributed by atoms with van der Waals surface area (Å²) in [6.07, 6.45) is 3.11. The second-order valence-electron chi connectivity index (χ2n) is 6.22. The number of para-hydroxylation sites is 1. The topological polar surface area (TPSA) is 111 Å². The highest BCUT2D eigenvalue weighted by atomic mass is 16.3. The Morgan fingerprint density at radius 2 is 1.86 bits per heavy atom. The predicted octanol–water partition coefficient (Wildman–Crippen LogP) is 1.66. The second-order valence-corrected chi connectivity index (χ2v) is 6.22. The Balaban J connectivity index is 1.47. The van der Waals surface area contributed by atoms with Crippen LogP contribution in [0.1, 0.15) is 16.1 Å². The number of hydrogen-bond acceptors (Lipinski definition) is 5. The molecule has 0 saturated carbocycles. The van der Waals surface area contributed by atoms with Crippen LogP contribution < -0.4 is 16.3 Å². The number of anilines is 1. The largest absolute Gasteiger partial charge is 0.467 e. The molecule has 9 heteroatoms. The average molecular weight is 391 g/mol. The monoisotopic (exact) mass is 391 g/mol. The van der Waals surface area contributed by atoms with Crippen LogP contribution in [0, 0.1) is 0 Å². The number of nitrogens with zero attached hydrogens (tertiary/aromatic N) is 3. The molecule has 3 aromatic heterocycles. The van der Waals surface area contributed by atoms with Crippen LogP contribution in [0.3, 0.4) is 0 Å². The molecule has 4 aromatic rings. The Morgan fingerprint density at radius 3 is 2.66 bits per heavy atom. The lowest BCUT2D eigenvalue weighted by Gasteiger charge is -2.11. The van der Waals surface area contributed by atoms with E-state index in [4.69, 9.17) is 4.42 Å². The van der Waals surface area contributed by atoms with Gasteiger partial charge in [-0.05, 0) is 36.4 Å². The minimum absolute atomic E-state index is 0.227. The normalized spacial score (nSPS) is 10.8. The minimum atomic E-state index is -0.471. The fraction of sp³-hybridized carbons (Fsp3) is 0.100. The zero-order chi connectivity index (χ0) is 20.2. The number of amides is 2. The highest BCUT2D eigenvalue weighted by molar-refractivity contribution is 6.03. The second kappa shape index (κ2) is 7.85. The van der Waals surface area contributed by atoms with Gasteiger partial charge in [-0.15, -0.1) is 5.10 Å². The molecule has 2 amide bonds. The summed E-state index contributed by atoms with van der Waals surface area (Å²) in [7, 11) is 0. The van der Waals surface area contributed by atoms with Crippen molar-refractivity contribution in [3.63, 3.8) is 0 Å². The summed E-state index contributed by atoms with van der Waals surface area (Å²) in [5.41, 5.74) is 0.671. The summed E-state index contributed by atoms with van der Waals surface area (Å²) in [5, 5.41) is 9.54. The Hall–Kier alpha value is -4.14. The molecule has 2 N–H and O–H groups in total. The van der Waals surface area contributed by atoms with Crippen molar-refractivity contribution >= 4 is 23.1 Å². The fourth-order valence-corrected chi connectivity index (χ4v) is 2.86. The summed E-state index contributed by atoms with van der Waals surface area (Å²) < 4.78 is 7.62. The first-order valence-corrected chi connectivity index (χ1v) is 8.85. The molecule has 0 aliphatic carbocycles. The van der Waals surface area contributed by atoms with Gasteiger partial charge in [0.2, 0.25) is 5.91 Å². The fourth-order valence-electron chi connectivity index (χ4n) is 2.86. The van der Waals surface area contributed by atoms with Gasteiger partial charge >= 0.3 is 5.69 Å². The van der Waals surface area contributed by atoms with E-state index in [0.717, 1.165) is 4.68 Å². The van der Waals surface area contributed by atoms with Crippen LogP contribution in [-0.4, -0.2) is 26.0 Å². The van der Waals surface area contributed by atoms with E-state index in [-0.39, 0.29) is 19.0 Å². The first kappa shape index (κ1) is 18.2. The molecule has 1 aromatic carbocycles. The summed E-state index contributed by atoms with van der Waals surface area (Å²) >= 11 is 0. The third kappa shape index (κ3) is 3.93. The van der Waals surface area contributed by atoms with Crippen molar-refractivity contribution in [2.75, 3.05) is 5.32 Å². The van der Waals surface area contributed by atoms with Crippen LogP contribution in [-0.2, 0) is 17.9 Å². The van der Waals surface area contributed by atoms with Crippen LogP contribution in [0.2, 0.25) is 0 Å². The van der Waals surface area contributed by atoms with Crippen LogP contribution in [0.5, 0.6) is 0 Å². The predicted molar refractivity (Wildman–Crippen MR) is 104 cm³/mol. The number of rotatable bonds is 6. The summed E-state index contributed by atoms with van der Waals surface area (Å²) in [6, 6.07) is 15.2. The summed E-state index contributed by atoms with van der Waals surface area (Å²) in [5.74, 6) is -0.213. The summed E-state index contributed by atoms with van der Waals surface area (Å²) in [6.45, 7) is -0.0480. The van der Waals surface area contributed by atoms with E-state index in [9.17, 15) is 14.4 Å². The van der Waals surface area contributed by atoms with E-state index in [2.05, 4.69) is 15.7 Å². The number of hydrogen-bond donors (Lipinski definition) is 2. The molecular weight excluding hydrogens is 374 g/mol. The molecule has 3 heterocycles. The number of carbonyl (C=O) groups is 2. The molecule has 0 spiro atoms. The smallest absolute Gasteiger partial charge is 0.350 e. The maximum Gasteiger partial charge on any atom is 0.350 e. The van der Waals surface area contributed by atoms with Crippen molar-refractivity contribution in [2.24, 2.45) is 0 Å². The van der Waals surface area contributed by atoms with Gasteiger partial charge in [-0.1, -0.05) is 18.2 Å². The van der Waals surface area contributed by atoms with Crippen molar-refractivity contribution in [1.82, 2.24) is 19.5 Å². The zero-order valence-electron chi connectivity index (χ0n) is 15.2. The molecule has 29 heavy (non-hydrogen) atoms. The third-order valence-electron chi connectivity index (χ3n) is 4.23. The highest BCUT2D eigenvalue weighted by Gasteiger charge is 2.15. The number of furan rings is 1. The van der Waals surface area contributed by atoms with Gasteiger partial charge in [-0.25, -0.2) is 9.48 Å². The third-order valence-corrected chi connectivity index (χ3v) is 4.23. The van der Waals surface area contributed by atoms with Gasteiger partial charge in [0.1, 0.15) is 12.3 Å². The molecule has 146 valence electrons. The number of aromatic nitrogens is 3. The summed E-state index contributed by atoms with van der Waals surface area (Å²) in [4.78, 5) is 37.3. The van der Waals surface area contributed by atoms with Gasteiger partial charge in [-0.2, -0.15) is 0 Å². The van der Waals surface area contributed by atoms with Crippen molar-refractivity contribution < 1.29 is 14.0 Å². The van der Waals surface area contributed by atoms with Crippen LogP contribution in [0.15, 0.2) is 76.3 Å². The number of carbonyl (C=O) groups excluding carboxylic acids is 2. The molecule has 0 radical (unpaired) electrons. The Morgan fingerprint density at radius 1 is 1.03 bits per heavy atom. The highest BCUT2D eigenvalue weighted by Crippen LogP contribution is 2.15. The van der Waals surface area contributed by atoms with Gasteiger partial charge in [0, 0.05) is 6.20 Å². The van der Waals surface area contributed by atoms with Crippen LogP contribution in [0.4, 0.5) is 5.69 Å². The maximum absolute atomic E-state index is 12.5. The van der Waals surface area contributed by atoms with Crippen molar-refractivity contribution in [1.29, 1.82) is 0 Å². The molecular formula is C20H17N5O4. The first-order chi connectivity index (χ1) is 14.1. The molecule has 0 aliphatic heterocycles. The molecule has 0 fully saturated rings. The molecule has 0 bridgehead atoms. The average Bonchev–Trinajstić information content (AvgIpc) is 3.35. The molecule has 0 unspecified atom stereocenters. The zero-order valence-corrected chi connectivity index (χ0v) is 15.2. The number of pyridine rings is 1. The van der Waals surface area contributed by atoms with Gasteiger partial charge in [0.05, 0.1) is 24.1 Å². The van der Waals surface area contributed by atoms with Gasteiger partial charge in [0.25, 0.3) is 5.91 Å². The lowest BCUT2D eigenvalue weighted by molar-refractivity contribution is -0.117. The Kier molecular flexibility index (Phi) is 4.93. The quantitative estimate of drug-likeness (QED) is 0.519. The van der Waals surface area contributed by atoms with Crippen molar-refractivity contribution in [3.05, 3.63) is 88.9 Å². The van der Waals surface area contributed by atoms with E-state index in [0.29, 0.717) is 22.7 Å². The van der Waals surface area contributed by atoms with E-state index in [1.807, 2.05) is 0 Å². The lowest BCUT2D eigenvalue weighted by atomic mass is 10.1. The molecule has 0 saturated heterocycles. The van der Waals surface area contributed by atoms with E-state index in [1.54, 1.807) is 60.8 Å². The standard InChI is InChI=1S/C20H17N5O4/c26-18(13-25-20(28)24-10-4-3-9-17(24)23-25)22-16-8-2-1-7-15(16)19(27)21-12-14-6-5-11-29-14/h1-11H,12-13H2,(H,21,27)(H,22,26). The first-order valence-electron chi connectivity index (χ1n) is 8.85. The van der Waals surface area contributed by atoms with E-state index in [1.165, 1.54) is 10.7 Å². The maximum atomic E-state index is 12.5. The van der Waals surface area contributed by atoms with E-state index < -0.39 is 11.6 Å². The van der Waals surface area contributed by atoms with Crippen LogP contribution in [0.25, 0.3) is 5.65 Å². The Bertz CT molecular complexity index is 1220. The molecule has 0 aliphatic rings. The van der Waals surface area contributed by atoms with Gasteiger partial charge in [0.15, 0.2) is 5.65 Å². The molecule has 0 atom stereocenters. The number of nitrogens with one attached hydrogen (secondary N) is 2. The SMILES string of the molecule is O=C(Cn1nc2ccccn2c1=O)Nc1ccccc1C(=O)NCc1ccco1. The Labute approximate surface area is 164 Å². The van der Waals surface area contributed by atoms with E-state index >= 15 is 0 Å². The van der Waals surface area contributed by atoms with Crippen LogP contribution >= 0.6 is 0 Å².